The molecule has 12 heteroatoms. The van der Waals surface area contributed by atoms with E-state index in [1.165, 1.54) is 0 Å². The highest BCUT2D eigenvalue weighted by Gasteiger charge is 2.45. The topological polar surface area (TPSA) is 97.6 Å². The summed E-state index contributed by atoms with van der Waals surface area (Å²) in [5, 5.41) is 10.5. The molecule has 0 unspecified atom stereocenters. The maximum Gasteiger partial charge on any atom is 0.498 e. The molecule has 1 amide bonds. The molecule has 1 aromatic carbocycles. The summed E-state index contributed by atoms with van der Waals surface area (Å²) >= 11 is 0. The van der Waals surface area contributed by atoms with E-state index in [0.29, 0.717) is 6.07 Å². The average Bonchev–Trinajstić information content (AvgIpc) is 2.49. The zero-order valence-electron chi connectivity index (χ0n) is 9.49. The van der Waals surface area contributed by atoms with Gasteiger partial charge < -0.3 is 12.9 Å². The molecule has 0 fully saturated rings. The molecule has 0 saturated carbocycles. The second kappa shape index (κ2) is 4.20. The zero-order chi connectivity index (χ0) is 15.3. The maximum absolute atomic E-state index is 12.4. The van der Waals surface area contributed by atoms with Crippen molar-refractivity contribution in [2.45, 2.75) is 4.90 Å². The molecule has 0 radical (unpaired) electrons. The number of benzene rings is 1. The molecular weight excluding hydrogens is 304 g/mol. The molecule has 0 aromatic heterocycles. The van der Waals surface area contributed by atoms with Gasteiger partial charge in [0, 0.05) is 18.6 Å². The summed E-state index contributed by atoms with van der Waals surface area (Å²) in [5.74, 6) is -1.34. The highest BCUT2D eigenvalue weighted by Crippen LogP contribution is 2.34. The Bertz CT molecular complexity index is 717. The van der Waals surface area contributed by atoms with Gasteiger partial charge in [0.15, 0.2) is 0 Å². The number of amides is 1. The Hall–Kier alpha value is -2.11. The zero-order valence-corrected chi connectivity index (χ0v) is 10.3. The SMILES string of the molecule is O=C1c2ccc([N+](=O)[O-])cc2S(=O)(=O)N1C[B-](F)(F)F. The van der Waals surface area contributed by atoms with Crippen molar-refractivity contribution in [2.24, 2.45) is 0 Å². The summed E-state index contributed by atoms with van der Waals surface area (Å²) in [5.41, 5.74) is -1.13. The highest BCUT2D eigenvalue weighted by molar-refractivity contribution is 7.90. The Kier molecular flexibility index (Phi) is 3.00. The fourth-order valence-corrected chi connectivity index (χ4v) is 3.37. The number of carbonyl (C=O) groups excluding carboxylic acids is 1. The summed E-state index contributed by atoms with van der Waals surface area (Å²) in [6.45, 7) is -5.55. The quantitative estimate of drug-likeness (QED) is 0.473. The lowest BCUT2D eigenvalue weighted by molar-refractivity contribution is -0.385. The molecule has 1 aliphatic rings. The summed E-state index contributed by atoms with van der Waals surface area (Å²) < 4.78 is 60.4. The van der Waals surface area contributed by atoms with Crippen molar-refractivity contribution in [2.75, 3.05) is 6.44 Å². The van der Waals surface area contributed by atoms with Crippen LogP contribution in [0.4, 0.5) is 18.6 Å². The number of hydrogen-bond donors (Lipinski definition) is 0. The lowest BCUT2D eigenvalue weighted by Crippen LogP contribution is -2.41. The van der Waals surface area contributed by atoms with Crippen LogP contribution in [0.15, 0.2) is 23.1 Å². The van der Waals surface area contributed by atoms with E-state index in [2.05, 4.69) is 0 Å². The van der Waals surface area contributed by atoms with Crippen LogP contribution in [0.1, 0.15) is 10.4 Å². The van der Waals surface area contributed by atoms with Crippen molar-refractivity contribution < 1.29 is 31.1 Å². The third kappa shape index (κ3) is 2.22. The summed E-state index contributed by atoms with van der Waals surface area (Å²) in [7, 11) is -4.71. The number of nitro groups is 1. The fraction of sp³-hybridized carbons (Fsp3) is 0.125. The summed E-state index contributed by atoms with van der Waals surface area (Å²) in [4.78, 5) is 20.5. The first-order valence-electron chi connectivity index (χ1n) is 5.10. The number of carbonyl (C=O) groups is 1. The van der Waals surface area contributed by atoms with E-state index in [1.807, 2.05) is 0 Å². The second-order valence-electron chi connectivity index (χ2n) is 3.99. The third-order valence-corrected chi connectivity index (χ3v) is 4.36. The average molecular weight is 309 g/mol. The minimum Gasteiger partial charge on any atom is -0.448 e. The first-order chi connectivity index (χ1) is 9.04. The van der Waals surface area contributed by atoms with Crippen molar-refractivity contribution in [3.8, 4) is 0 Å². The number of hydrogen-bond acceptors (Lipinski definition) is 5. The molecule has 0 spiro atoms. The lowest BCUT2D eigenvalue weighted by atomic mass is 9.92. The van der Waals surface area contributed by atoms with E-state index in [9.17, 15) is 36.3 Å². The third-order valence-electron chi connectivity index (χ3n) is 2.57. The van der Waals surface area contributed by atoms with Crippen molar-refractivity contribution in [1.82, 2.24) is 4.31 Å². The molecule has 20 heavy (non-hydrogen) atoms. The molecule has 0 atom stereocenters. The van der Waals surface area contributed by atoms with Crippen LogP contribution in [0, 0.1) is 10.1 Å². The largest absolute Gasteiger partial charge is 0.498 e. The van der Waals surface area contributed by atoms with E-state index >= 15 is 0 Å². The van der Waals surface area contributed by atoms with Crippen LogP contribution in [0.5, 0.6) is 0 Å². The Labute approximate surface area is 110 Å². The van der Waals surface area contributed by atoms with Gasteiger partial charge in [-0.2, -0.15) is 0 Å². The minimum absolute atomic E-state index is 0.318. The fourth-order valence-electron chi connectivity index (χ4n) is 1.75. The van der Waals surface area contributed by atoms with Crippen molar-refractivity contribution >= 4 is 28.6 Å². The van der Waals surface area contributed by atoms with Crippen LogP contribution in [0.3, 0.4) is 0 Å². The monoisotopic (exact) mass is 309 g/mol. The molecule has 0 bridgehead atoms. The standard InChI is InChI=1S/C8H5BF3N2O5S/c10-9(11,12)4-13-8(15)6-2-1-5(14(16)17)3-7(6)20(13,18)19/h1-3H,4H2/q-1. The molecule has 2 rings (SSSR count). The smallest absolute Gasteiger partial charge is 0.448 e. The van der Waals surface area contributed by atoms with E-state index in [0.717, 1.165) is 12.1 Å². The van der Waals surface area contributed by atoms with Crippen LogP contribution in [-0.2, 0) is 10.0 Å². The van der Waals surface area contributed by atoms with Gasteiger partial charge >= 0.3 is 6.98 Å². The van der Waals surface area contributed by atoms with Gasteiger partial charge in [-0.1, -0.05) is 0 Å². The number of rotatable bonds is 3. The number of sulfonamides is 1. The van der Waals surface area contributed by atoms with Gasteiger partial charge in [-0.15, -0.1) is 0 Å². The van der Waals surface area contributed by atoms with Crippen molar-refractivity contribution in [3.63, 3.8) is 0 Å². The molecule has 0 N–H and O–H groups in total. The van der Waals surface area contributed by atoms with E-state index in [4.69, 9.17) is 0 Å². The number of nitrogens with zero attached hydrogens (tertiary/aromatic N) is 2. The van der Waals surface area contributed by atoms with Crippen LogP contribution in [0.25, 0.3) is 0 Å². The predicted molar refractivity (Wildman–Crippen MR) is 60.4 cm³/mol. The normalized spacial score (nSPS) is 17.1. The molecule has 1 aromatic rings. The molecule has 7 nitrogen and oxygen atoms in total. The van der Waals surface area contributed by atoms with Crippen LogP contribution >= 0.6 is 0 Å². The summed E-state index contributed by atoms with van der Waals surface area (Å²) in [6.07, 6.45) is -1.91. The first-order valence-corrected chi connectivity index (χ1v) is 6.54. The van der Waals surface area contributed by atoms with Crippen molar-refractivity contribution in [3.05, 3.63) is 33.9 Å². The van der Waals surface area contributed by atoms with Gasteiger partial charge in [0.1, 0.15) is 4.90 Å². The predicted octanol–water partition coefficient (Wildman–Crippen LogP) is 1.13. The molecule has 108 valence electrons. The molecular formula is C8H5BF3N2O5S-. The maximum atomic E-state index is 12.4. The van der Waals surface area contributed by atoms with Gasteiger partial charge in [0.05, 0.1) is 10.5 Å². The van der Waals surface area contributed by atoms with Crippen LogP contribution in [0.2, 0.25) is 0 Å². The second-order valence-corrected chi connectivity index (χ2v) is 5.82. The van der Waals surface area contributed by atoms with E-state index in [-0.39, 0.29) is 4.31 Å². The Balaban J connectivity index is 2.57. The molecule has 1 heterocycles. The van der Waals surface area contributed by atoms with Gasteiger partial charge in [-0.3, -0.25) is 19.2 Å². The molecule has 0 aliphatic carbocycles. The molecule has 0 saturated heterocycles. The first kappa shape index (κ1) is 14.3. The van der Waals surface area contributed by atoms with E-state index < -0.39 is 50.4 Å². The minimum atomic E-state index is -5.55. The number of fused-ring (bicyclic) bond motifs is 1. The van der Waals surface area contributed by atoms with Gasteiger partial charge in [0.2, 0.25) is 0 Å². The van der Waals surface area contributed by atoms with Gasteiger partial charge in [0.25, 0.3) is 21.6 Å². The van der Waals surface area contributed by atoms with Gasteiger partial charge in [-0.25, -0.2) is 8.42 Å². The summed E-state index contributed by atoms with van der Waals surface area (Å²) in [6, 6.07) is 2.26. The lowest BCUT2D eigenvalue weighted by Gasteiger charge is -2.22. The number of non-ortho nitro benzene ring substituents is 1. The highest BCUT2D eigenvalue weighted by atomic mass is 32.2. The van der Waals surface area contributed by atoms with Crippen LogP contribution in [-0.4, -0.2) is 37.0 Å². The van der Waals surface area contributed by atoms with Crippen molar-refractivity contribution in [1.29, 1.82) is 0 Å². The van der Waals surface area contributed by atoms with Gasteiger partial charge in [-0.05, 0) is 6.07 Å². The Morgan fingerprint density at radius 3 is 2.40 bits per heavy atom. The van der Waals surface area contributed by atoms with E-state index in [1.54, 1.807) is 0 Å². The molecule has 1 aliphatic heterocycles. The Morgan fingerprint density at radius 2 is 1.90 bits per heavy atom. The van der Waals surface area contributed by atoms with Crippen LogP contribution < -0.4 is 0 Å². The number of halogens is 3. The number of nitro benzene ring substituents is 1. The Morgan fingerprint density at radius 1 is 1.30 bits per heavy atom.